The van der Waals surface area contributed by atoms with Gasteiger partial charge in [0.05, 0.1) is 20.5 Å². The van der Waals surface area contributed by atoms with Crippen molar-refractivity contribution in [2.45, 2.75) is 254 Å². The summed E-state index contributed by atoms with van der Waals surface area (Å²) in [6.07, 6.45) is 36.6. The fourth-order valence-electron chi connectivity index (χ4n) is 8.88. The van der Waals surface area contributed by atoms with E-state index in [1.54, 1.807) is 37.7 Å². The molecule has 2 aromatic rings. The summed E-state index contributed by atoms with van der Waals surface area (Å²) in [5.74, 6) is 0. The molecular weight excluding hydrogens is 930 g/mol. The molecule has 0 fully saturated rings. The Morgan fingerprint density at radius 3 is 0.895 bits per heavy atom. The Morgan fingerprint density at radius 2 is 0.614 bits per heavy atom. The SMILES string of the molecule is CCCCCCCCC1(CCCCCCCC)c2cc([Si])ccc2-c2ccc([Si])cc21.CCC[CH2][Sn]([CH2]CCC)[CH2]CCC.CCC[CH2][Sn]([CH2]CCC)[CH2]CCC. The van der Waals surface area contributed by atoms with Crippen LogP contribution in [0.4, 0.5) is 0 Å². The second-order valence-electron chi connectivity index (χ2n) is 17.8. The van der Waals surface area contributed by atoms with Crippen LogP contribution in [0.2, 0.25) is 26.6 Å². The first kappa shape index (κ1) is 55.5. The average molecular weight is 1020 g/mol. The molecule has 3 rings (SSSR count). The molecule has 4 heteroatoms. The van der Waals surface area contributed by atoms with Crippen molar-refractivity contribution in [3.05, 3.63) is 47.5 Å². The van der Waals surface area contributed by atoms with Gasteiger partial charge in [0.25, 0.3) is 0 Å². The van der Waals surface area contributed by atoms with Crippen LogP contribution in [0, 0.1) is 0 Å². The van der Waals surface area contributed by atoms with Crippen LogP contribution in [0.25, 0.3) is 11.1 Å². The second-order valence-corrected chi connectivity index (χ2v) is 36.0. The Kier molecular flexibility index (Phi) is 36.1. The minimum atomic E-state index is -0.839. The van der Waals surface area contributed by atoms with Crippen LogP contribution in [0.5, 0.6) is 0 Å². The molecule has 0 saturated carbocycles. The molecule has 0 aromatic heterocycles. The predicted octanol–water partition coefficient (Wildman–Crippen LogP) is 16.8. The van der Waals surface area contributed by atoms with E-state index in [2.05, 4.69) is 112 Å². The van der Waals surface area contributed by atoms with E-state index in [4.69, 9.17) is 0 Å². The molecule has 0 aliphatic heterocycles. The summed E-state index contributed by atoms with van der Waals surface area (Å²) in [5, 5.41) is 2.42. The Morgan fingerprint density at radius 1 is 0.351 bits per heavy atom. The summed E-state index contributed by atoms with van der Waals surface area (Å²) in [5.41, 5.74) is 6.22. The van der Waals surface area contributed by atoms with Crippen molar-refractivity contribution in [1.29, 1.82) is 0 Å². The van der Waals surface area contributed by atoms with E-state index in [0.29, 0.717) is 0 Å². The molecule has 0 atom stereocenters. The number of rotatable bonds is 32. The molecule has 0 N–H and O–H groups in total. The van der Waals surface area contributed by atoms with E-state index in [-0.39, 0.29) is 5.41 Å². The summed E-state index contributed by atoms with van der Waals surface area (Å²) < 4.78 is 10.1. The molecule has 0 bridgehead atoms. The Hall–Kier alpha value is 0.471. The maximum absolute atomic E-state index is 3.84. The summed E-state index contributed by atoms with van der Waals surface area (Å²) in [7, 11) is 7.69. The molecule has 2 aromatic carbocycles. The van der Waals surface area contributed by atoms with E-state index in [1.165, 1.54) is 188 Å². The first-order chi connectivity index (χ1) is 27.8. The molecule has 8 radical (unpaired) electrons. The molecular formula is C53H94Si2Sn2. The van der Waals surface area contributed by atoms with E-state index >= 15 is 0 Å². The summed E-state index contributed by atoms with van der Waals surface area (Å²) in [6.45, 7) is 18.6. The predicted molar refractivity (Wildman–Crippen MR) is 269 cm³/mol. The van der Waals surface area contributed by atoms with Crippen molar-refractivity contribution < 1.29 is 0 Å². The molecule has 57 heavy (non-hydrogen) atoms. The van der Waals surface area contributed by atoms with Crippen molar-refractivity contribution in [1.82, 2.24) is 0 Å². The average Bonchev–Trinajstić information content (AvgIpc) is 3.47. The number of benzene rings is 2. The third-order valence-electron chi connectivity index (χ3n) is 12.6. The van der Waals surface area contributed by atoms with Gasteiger partial charge in [-0.1, -0.05) is 138 Å². The van der Waals surface area contributed by atoms with Gasteiger partial charge < -0.3 is 0 Å². The van der Waals surface area contributed by atoms with Gasteiger partial charge in [-0.3, -0.25) is 0 Å². The molecule has 0 saturated heterocycles. The first-order valence-electron chi connectivity index (χ1n) is 25.2. The Balaban J connectivity index is 0.000000517. The van der Waals surface area contributed by atoms with Crippen molar-refractivity contribution in [3.63, 3.8) is 0 Å². The van der Waals surface area contributed by atoms with Crippen LogP contribution >= 0.6 is 0 Å². The molecule has 0 spiro atoms. The summed E-state index contributed by atoms with van der Waals surface area (Å²) in [4.78, 5) is 0. The molecule has 322 valence electrons. The van der Waals surface area contributed by atoms with Crippen LogP contribution < -0.4 is 10.4 Å². The normalized spacial score (nSPS) is 12.6. The zero-order valence-corrected chi connectivity index (χ0v) is 47.3. The monoisotopic (exact) mass is 1030 g/mol. The third-order valence-corrected chi connectivity index (χ3v) is 31.4. The molecule has 0 nitrogen and oxygen atoms in total. The van der Waals surface area contributed by atoms with Crippen molar-refractivity contribution in [2.75, 3.05) is 0 Å². The minimum absolute atomic E-state index is 0.172. The van der Waals surface area contributed by atoms with Gasteiger partial charge in [-0.2, -0.15) is 0 Å². The van der Waals surface area contributed by atoms with E-state index in [1.807, 2.05) is 0 Å². The van der Waals surface area contributed by atoms with Crippen LogP contribution in [-0.2, 0) is 5.41 Å². The summed E-state index contributed by atoms with van der Waals surface area (Å²) in [6, 6.07) is 14.0. The standard InChI is InChI=1S/C29H40Si2.6C4H9.2Sn/c1-3-5-7-9-11-13-19-29(20-14-12-10-8-6-4-2)27-21-23(30)15-17-25(27)26-18-16-24(31)22-28(26)29;6*1-3-4-2;;/h15-18,21-22H,3-14,19-20H2,1-2H3;6*1,3-4H2,2H3;;. The molecule has 0 amide bonds. The topological polar surface area (TPSA) is 0 Å². The summed E-state index contributed by atoms with van der Waals surface area (Å²) >= 11 is -1.68. The Labute approximate surface area is 380 Å². The van der Waals surface area contributed by atoms with E-state index < -0.39 is 39.5 Å². The molecule has 1 aliphatic rings. The van der Waals surface area contributed by atoms with Crippen molar-refractivity contribution in [2.24, 2.45) is 0 Å². The van der Waals surface area contributed by atoms with Gasteiger partial charge in [-0.05, 0) is 35.1 Å². The number of unbranched alkanes of at least 4 members (excludes halogenated alkanes) is 16. The molecule has 0 unspecified atom stereocenters. The van der Waals surface area contributed by atoms with Crippen LogP contribution in [0.3, 0.4) is 0 Å². The van der Waals surface area contributed by atoms with Crippen LogP contribution in [0.1, 0.15) is 233 Å². The fourth-order valence-corrected chi connectivity index (χ4v) is 28.2. The number of hydrogen-bond donors (Lipinski definition) is 0. The maximum atomic E-state index is 3.84. The molecule has 1 aliphatic carbocycles. The van der Waals surface area contributed by atoms with Gasteiger partial charge in [0.1, 0.15) is 0 Å². The number of hydrogen-bond acceptors (Lipinski definition) is 0. The van der Waals surface area contributed by atoms with Gasteiger partial charge >= 0.3 is 185 Å². The zero-order valence-electron chi connectivity index (χ0n) is 39.6. The van der Waals surface area contributed by atoms with Gasteiger partial charge in [0, 0.05) is 5.41 Å². The second kappa shape index (κ2) is 37.1. The van der Waals surface area contributed by atoms with Crippen molar-refractivity contribution in [3.8, 4) is 11.1 Å². The number of fused-ring (bicyclic) bond motifs is 3. The zero-order chi connectivity index (χ0) is 42.0. The van der Waals surface area contributed by atoms with Gasteiger partial charge in [-0.25, -0.2) is 0 Å². The first-order valence-corrected chi connectivity index (χ1v) is 38.3. The molecule has 0 heterocycles. The van der Waals surface area contributed by atoms with E-state index in [9.17, 15) is 0 Å². The quantitative estimate of drug-likeness (QED) is 0.0506. The van der Waals surface area contributed by atoms with Crippen LogP contribution in [0.15, 0.2) is 36.4 Å². The van der Waals surface area contributed by atoms with Gasteiger partial charge in [-0.15, -0.1) is 0 Å². The Bertz CT molecular complexity index is 1080. The van der Waals surface area contributed by atoms with E-state index in [0.717, 1.165) is 0 Å². The van der Waals surface area contributed by atoms with Gasteiger partial charge in [0.15, 0.2) is 0 Å². The van der Waals surface area contributed by atoms with Crippen LogP contribution in [-0.4, -0.2) is 60.0 Å². The van der Waals surface area contributed by atoms with Crippen molar-refractivity contribution >= 4 is 70.4 Å². The third kappa shape index (κ3) is 23.5. The fraction of sp³-hybridized carbons (Fsp3) is 0.774. The van der Waals surface area contributed by atoms with Gasteiger partial charge in [0.2, 0.25) is 0 Å².